The minimum atomic E-state index is -1.17. The molecule has 4 atom stereocenters. The molecule has 0 aliphatic carbocycles. The Balaban J connectivity index is 1.25. The van der Waals surface area contributed by atoms with Crippen LogP contribution in [0.2, 0.25) is 0 Å². The Hall–Kier alpha value is -4.29. The van der Waals surface area contributed by atoms with Crippen molar-refractivity contribution in [2.75, 3.05) is 18.6 Å². The first-order valence-electron chi connectivity index (χ1n) is 14.7. The average Bonchev–Trinajstić information content (AvgIpc) is 3.77. The van der Waals surface area contributed by atoms with E-state index >= 15 is 0 Å². The highest BCUT2D eigenvalue weighted by atomic mass is 32.2. The van der Waals surface area contributed by atoms with Crippen LogP contribution < -0.4 is 16.4 Å². The monoisotopic (exact) mass is 618 g/mol. The van der Waals surface area contributed by atoms with Crippen LogP contribution in [0.15, 0.2) is 60.9 Å². The summed E-state index contributed by atoms with van der Waals surface area (Å²) in [5.74, 6) is -1.87. The first-order valence-corrected chi connectivity index (χ1v) is 16.1. The molecule has 4 unspecified atom stereocenters. The maximum Gasteiger partial charge on any atom is 0.326 e. The molecule has 3 amide bonds. The lowest BCUT2D eigenvalue weighted by molar-refractivity contribution is -0.144. The van der Waals surface area contributed by atoms with Gasteiger partial charge in [0.15, 0.2) is 0 Å². The van der Waals surface area contributed by atoms with E-state index in [0.29, 0.717) is 38.0 Å². The van der Waals surface area contributed by atoms with Gasteiger partial charge in [0.25, 0.3) is 0 Å². The van der Waals surface area contributed by atoms with Gasteiger partial charge in [0, 0.05) is 47.2 Å². The molecule has 3 heterocycles. The van der Waals surface area contributed by atoms with E-state index < -0.39 is 42.0 Å². The summed E-state index contributed by atoms with van der Waals surface area (Å²) in [5.41, 5.74) is 9.82. The Kier molecular flexibility index (Phi) is 9.91. The standard InChI is InChI=1S/C32H38N6O5S/c1-44-14-12-26(36-29(39)23(33)15-19-17-34-24-9-4-2-7-21(19)24)31(41)38-13-6-11-28(38)30(40)37-27(32(42)43)16-20-18-35-25-10-5-3-8-22(20)25/h2-5,7-10,17-18,23,26-28,34-35H,6,11-16,33H2,1H3,(H,36,39)(H,37,40)(H,42,43). The second kappa shape index (κ2) is 14.0. The third-order valence-corrected chi connectivity index (χ3v) is 8.87. The Labute approximate surface area is 259 Å². The first-order chi connectivity index (χ1) is 21.3. The number of aromatic amines is 2. The van der Waals surface area contributed by atoms with Crippen LogP contribution in [0.25, 0.3) is 21.8 Å². The number of nitrogens with two attached hydrogens (primary N) is 1. The van der Waals surface area contributed by atoms with Gasteiger partial charge in [-0.15, -0.1) is 0 Å². The van der Waals surface area contributed by atoms with Gasteiger partial charge in [-0.05, 0) is 61.0 Å². The molecule has 7 N–H and O–H groups in total. The molecule has 12 heteroatoms. The molecular formula is C32H38N6O5S. The Morgan fingerprint density at radius 2 is 1.57 bits per heavy atom. The number of carboxylic acid groups (broad SMARTS) is 1. The van der Waals surface area contributed by atoms with E-state index in [1.165, 1.54) is 4.90 Å². The molecule has 2 aromatic heterocycles. The van der Waals surface area contributed by atoms with Crippen LogP contribution in [-0.2, 0) is 32.0 Å². The summed E-state index contributed by atoms with van der Waals surface area (Å²) in [6, 6.07) is 11.6. The number of para-hydroxylation sites is 2. The van der Waals surface area contributed by atoms with Crippen LogP contribution in [0.1, 0.15) is 30.4 Å². The number of hydrogen-bond acceptors (Lipinski definition) is 6. The number of nitrogens with one attached hydrogen (secondary N) is 4. The molecule has 0 saturated carbocycles. The molecule has 0 bridgehead atoms. The maximum absolute atomic E-state index is 13.8. The molecule has 5 rings (SSSR count). The van der Waals surface area contributed by atoms with Crippen LogP contribution in [0.5, 0.6) is 0 Å². The Bertz CT molecular complexity index is 1650. The fourth-order valence-corrected chi connectivity index (χ4v) is 6.37. The number of benzene rings is 2. The van der Waals surface area contributed by atoms with Crippen LogP contribution >= 0.6 is 11.8 Å². The lowest BCUT2D eigenvalue weighted by atomic mass is 10.0. The van der Waals surface area contributed by atoms with Crippen molar-refractivity contribution in [2.45, 2.75) is 56.3 Å². The zero-order valence-corrected chi connectivity index (χ0v) is 25.4. The molecular weight excluding hydrogens is 580 g/mol. The number of hydrogen-bond donors (Lipinski definition) is 6. The van der Waals surface area contributed by atoms with Crippen LogP contribution in [-0.4, -0.2) is 86.4 Å². The van der Waals surface area contributed by atoms with Crippen molar-refractivity contribution in [1.82, 2.24) is 25.5 Å². The second-order valence-corrected chi connectivity index (χ2v) is 12.2. The lowest BCUT2D eigenvalue weighted by Crippen LogP contribution is -2.57. The molecule has 0 radical (unpaired) electrons. The van der Waals surface area contributed by atoms with E-state index in [1.54, 1.807) is 18.0 Å². The topological polar surface area (TPSA) is 173 Å². The number of H-pyrrole nitrogens is 2. The van der Waals surface area contributed by atoms with Crippen molar-refractivity contribution in [3.8, 4) is 0 Å². The fourth-order valence-electron chi connectivity index (χ4n) is 5.89. The van der Waals surface area contributed by atoms with Crippen molar-refractivity contribution >= 4 is 57.3 Å². The SMILES string of the molecule is CSCCC(NC(=O)C(N)Cc1c[nH]c2ccccc12)C(=O)N1CCCC1C(=O)NC(Cc1c[nH]c2ccccc12)C(=O)O. The summed E-state index contributed by atoms with van der Waals surface area (Å²) in [4.78, 5) is 60.4. The van der Waals surface area contributed by atoms with E-state index in [4.69, 9.17) is 5.73 Å². The van der Waals surface area contributed by atoms with E-state index in [0.717, 1.165) is 32.9 Å². The molecule has 1 fully saturated rings. The van der Waals surface area contributed by atoms with Gasteiger partial charge in [-0.3, -0.25) is 14.4 Å². The average molecular weight is 619 g/mol. The highest BCUT2D eigenvalue weighted by molar-refractivity contribution is 7.98. The molecule has 1 aliphatic rings. The zero-order valence-electron chi connectivity index (χ0n) is 24.5. The van der Waals surface area contributed by atoms with Gasteiger partial charge in [0.1, 0.15) is 18.1 Å². The predicted octanol–water partition coefficient (Wildman–Crippen LogP) is 2.56. The summed E-state index contributed by atoms with van der Waals surface area (Å²) in [7, 11) is 0. The van der Waals surface area contributed by atoms with E-state index in [-0.39, 0.29) is 12.3 Å². The number of likely N-dealkylation sites (tertiary alicyclic amines) is 1. The zero-order chi connectivity index (χ0) is 31.2. The summed E-state index contributed by atoms with van der Waals surface area (Å²) in [6.07, 6.45) is 7.25. The highest BCUT2D eigenvalue weighted by Crippen LogP contribution is 2.23. The van der Waals surface area contributed by atoms with E-state index in [2.05, 4.69) is 20.6 Å². The predicted molar refractivity (Wildman–Crippen MR) is 171 cm³/mol. The summed E-state index contributed by atoms with van der Waals surface area (Å²) in [5, 5.41) is 17.3. The van der Waals surface area contributed by atoms with Crippen LogP contribution in [0.3, 0.4) is 0 Å². The molecule has 44 heavy (non-hydrogen) atoms. The van der Waals surface area contributed by atoms with Crippen molar-refractivity contribution in [2.24, 2.45) is 5.73 Å². The number of rotatable bonds is 13. The number of carboxylic acids is 1. The largest absolute Gasteiger partial charge is 0.480 e. The summed E-state index contributed by atoms with van der Waals surface area (Å²) in [6.45, 7) is 0.337. The summed E-state index contributed by atoms with van der Waals surface area (Å²) >= 11 is 1.55. The normalized spacial score (nSPS) is 17.0. The molecule has 0 spiro atoms. The van der Waals surface area contributed by atoms with E-state index in [9.17, 15) is 24.3 Å². The molecule has 1 saturated heterocycles. The number of nitrogens with zero attached hydrogens (tertiary/aromatic N) is 1. The minimum absolute atomic E-state index is 0.0898. The lowest BCUT2D eigenvalue weighted by Gasteiger charge is -2.30. The van der Waals surface area contributed by atoms with Gasteiger partial charge in [-0.25, -0.2) is 4.79 Å². The fraction of sp³-hybridized carbons (Fsp3) is 0.375. The quantitative estimate of drug-likeness (QED) is 0.134. The number of carbonyl (C=O) groups is 4. The number of aliphatic carboxylic acids is 1. The van der Waals surface area contributed by atoms with Crippen molar-refractivity contribution in [1.29, 1.82) is 0 Å². The molecule has 4 aromatic rings. The van der Waals surface area contributed by atoms with Gasteiger partial charge in [0.05, 0.1) is 6.04 Å². The van der Waals surface area contributed by atoms with Gasteiger partial charge in [-0.1, -0.05) is 36.4 Å². The Morgan fingerprint density at radius 1 is 0.955 bits per heavy atom. The number of carbonyl (C=O) groups excluding carboxylic acids is 3. The third-order valence-electron chi connectivity index (χ3n) is 8.23. The second-order valence-electron chi connectivity index (χ2n) is 11.2. The van der Waals surface area contributed by atoms with Gasteiger partial charge in [-0.2, -0.15) is 11.8 Å². The maximum atomic E-state index is 13.8. The van der Waals surface area contributed by atoms with Gasteiger partial charge in [0.2, 0.25) is 17.7 Å². The Morgan fingerprint density at radius 3 is 2.18 bits per heavy atom. The third kappa shape index (κ3) is 6.92. The molecule has 2 aromatic carbocycles. The molecule has 232 valence electrons. The van der Waals surface area contributed by atoms with Crippen LogP contribution in [0.4, 0.5) is 0 Å². The van der Waals surface area contributed by atoms with Crippen molar-refractivity contribution in [3.05, 3.63) is 72.1 Å². The smallest absolute Gasteiger partial charge is 0.326 e. The summed E-state index contributed by atoms with van der Waals surface area (Å²) < 4.78 is 0. The number of aromatic nitrogens is 2. The first kappa shape index (κ1) is 31.1. The van der Waals surface area contributed by atoms with Crippen LogP contribution in [0, 0.1) is 0 Å². The van der Waals surface area contributed by atoms with Gasteiger partial charge >= 0.3 is 5.97 Å². The molecule has 11 nitrogen and oxygen atoms in total. The highest BCUT2D eigenvalue weighted by Gasteiger charge is 2.39. The number of amides is 3. The van der Waals surface area contributed by atoms with Gasteiger partial charge < -0.3 is 36.3 Å². The van der Waals surface area contributed by atoms with E-state index in [1.807, 2.05) is 61.0 Å². The number of thioether (sulfide) groups is 1. The van der Waals surface area contributed by atoms with Crippen molar-refractivity contribution in [3.63, 3.8) is 0 Å². The number of fused-ring (bicyclic) bond motifs is 2. The minimum Gasteiger partial charge on any atom is -0.480 e. The molecule has 1 aliphatic heterocycles. The van der Waals surface area contributed by atoms with Crippen molar-refractivity contribution < 1.29 is 24.3 Å².